The minimum atomic E-state index is -1.53. The monoisotopic (exact) mass is 579 g/mol. The number of aromatic hydroxyl groups is 3. The first-order valence-corrected chi connectivity index (χ1v) is 15.1. The minimum Gasteiger partial charge on any atom is -0.504 e. The van der Waals surface area contributed by atoms with Crippen LogP contribution in [0.1, 0.15) is 82.8 Å². The van der Waals surface area contributed by atoms with Gasteiger partial charge >= 0.3 is 0 Å². The van der Waals surface area contributed by atoms with Gasteiger partial charge in [-0.05, 0) is 57.4 Å². The molecule has 1 aromatic rings. The van der Waals surface area contributed by atoms with Crippen LogP contribution in [0.25, 0.3) is 0 Å². The van der Waals surface area contributed by atoms with Gasteiger partial charge in [-0.15, -0.1) is 0 Å². The number of phenols is 3. The number of hydrogen-bond donors (Lipinski definition) is 5. The number of amides is 1. The summed E-state index contributed by atoms with van der Waals surface area (Å²) in [6.07, 6.45) is 1.69. The second-order valence-electron chi connectivity index (χ2n) is 13.7. The van der Waals surface area contributed by atoms with Crippen LogP contribution in [0.3, 0.4) is 0 Å². The Morgan fingerprint density at radius 2 is 1.64 bits per heavy atom. The molecule has 1 aromatic carbocycles. The molecule has 0 radical (unpaired) electrons. The first-order valence-electron chi connectivity index (χ1n) is 15.1. The third-order valence-electron chi connectivity index (χ3n) is 10.9. The van der Waals surface area contributed by atoms with Crippen molar-refractivity contribution in [1.82, 2.24) is 5.32 Å². The summed E-state index contributed by atoms with van der Waals surface area (Å²) in [6.45, 7) is 11.7. The number of rotatable bonds is 2. The van der Waals surface area contributed by atoms with Gasteiger partial charge in [0.2, 0.25) is 11.7 Å². The Morgan fingerprint density at radius 1 is 0.976 bits per heavy atom. The fourth-order valence-electron chi connectivity index (χ4n) is 8.90. The van der Waals surface area contributed by atoms with E-state index in [2.05, 4.69) is 19.2 Å². The number of hydrogen-bond acceptors (Lipinski definition) is 8. The molecule has 9 heteroatoms. The van der Waals surface area contributed by atoms with Crippen molar-refractivity contribution in [3.8, 4) is 17.2 Å². The summed E-state index contributed by atoms with van der Waals surface area (Å²) < 4.78 is 6.30. The molecule has 2 bridgehead atoms. The summed E-state index contributed by atoms with van der Waals surface area (Å²) in [4.78, 5) is 43.8. The standard InChI is InChI=1S/C33H41NO8/c1-12(2)9-18-24-15(5)14(4)11-17-10-13(3)7-8-19(35)26(37)22-23(31(40)33(17,24)32(41)34-18)30-21-20(29(22)42-30)16(6)25(36)28(39)27(21)38/h10-12,15,17-19,22-24,29-30,35-36,38-39H,7-9H2,1-6H3,(H,34,41)/b13-10+/t15-,17+,18+,19-,22-,23+,24+,29-,30+,33+/m1/s1. The smallest absolute Gasteiger partial charge is 0.235 e. The third kappa shape index (κ3) is 3.65. The third-order valence-corrected chi connectivity index (χ3v) is 10.9. The van der Waals surface area contributed by atoms with Crippen LogP contribution in [0.2, 0.25) is 0 Å². The molecule has 9 nitrogen and oxygen atoms in total. The fourth-order valence-corrected chi connectivity index (χ4v) is 8.90. The lowest BCUT2D eigenvalue weighted by atomic mass is 9.51. The number of benzene rings is 1. The molecule has 2 saturated heterocycles. The molecule has 5 N–H and O–H groups in total. The lowest BCUT2D eigenvalue weighted by molar-refractivity contribution is -0.152. The quantitative estimate of drug-likeness (QED) is 0.200. The highest BCUT2D eigenvalue weighted by atomic mass is 16.5. The van der Waals surface area contributed by atoms with Gasteiger partial charge in [0.15, 0.2) is 23.1 Å². The molecule has 0 saturated carbocycles. The van der Waals surface area contributed by atoms with Gasteiger partial charge in [-0.1, -0.05) is 44.1 Å². The number of ether oxygens (including phenoxy) is 1. The van der Waals surface area contributed by atoms with E-state index in [1.54, 1.807) is 6.92 Å². The largest absolute Gasteiger partial charge is 0.504 e. The number of nitrogens with one attached hydrogen (secondary N) is 1. The Labute approximate surface area is 245 Å². The molecule has 3 aliphatic heterocycles. The van der Waals surface area contributed by atoms with Crippen LogP contribution in [0, 0.1) is 47.8 Å². The normalized spacial score (nSPS) is 40.4. The second-order valence-corrected chi connectivity index (χ2v) is 13.7. The number of Topliss-reactive ketones (excluding diaryl/α,β-unsaturated/α-hetero) is 2. The van der Waals surface area contributed by atoms with Crippen LogP contribution in [-0.2, 0) is 19.1 Å². The van der Waals surface area contributed by atoms with Crippen molar-refractivity contribution in [3.63, 3.8) is 0 Å². The number of ketones is 2. The van der Waals surface area contributed by atoms with E-state index in [9.17, 15) is 30.0 Å². The molecular weight excluding hydrogens is 538 g/mol. The van der Waals surface area contributed by atoms with Gasteiger partial charge in [0.05, 0.1) is 24.0 Å². The van der Waals surface area contributed by atoms with E-state index in [1.165, 1.54) is 0 Å². The Bertz CT molecular complexity index is 1460. The first kappa shape index (κ1) is 28.9. The SMILES string of the molecule is CC1=C[C@@H]2/C=C(\C)CC[C@@H](O)C(=O)[C@H]3[C@H](C(=O)[C@]24C(=O)N[C@@H](CC(C)C)[C@@H]4[C@@H]1C)[C@H]1O[C@@H]3c2c(C)c(O)c(O)c(O)c21. The van der Waals surface area contributed by atoms with Crippen LogP contribution in [0.4, 0.5) is 0 Å². The average Bonchev–Trinajstić information content (AvgIpc) is 3.58. The zero-order valence-electron chi connectivity index (χ0n) is 25.0. The molecular formula is C33H41NO8. The zero-order chi connectivity index (χ0) is 30.6. The van der Waals surface area contributed by atoms with Crippen molar-refractivity contribution in [2.24, 2.45) is 40.9 Å². The molecule has 6 rings (SSSR count). The number of carbonyl (C=O) groups excluding carboxylic acids is 3. The van der Waals surface area contributed by atoms with Crippen LogP contribution < -0.4 is 5.32 Å². The predicted octanol–water partition coefficient (Wildman–Crippen LogP) is 4.07. The van der Waals surface area contributed by atoms with E-state index in [1.807, 2.05) is 32.9 Å². The van der Waals surface area contributed by atoms with E-state index in [-0.39, 0.29) is 47.3 Å². The molecule has 226 valence electrons. The van der Waals surface area contributed by atoms with E-state index in [0.29, 0.717) is 18.4 Å². The Balaban J connectivity index is 1.62. The number of carbonyl (C=O) groups is 3. The lowest BCUT2D eigenvalue weighted by Gasteiger charge is -2.47. The number of phenolic OH excluding ortho intramolecular Hbond substituents is 3. The highest BCUT2D eigenvalue weighted by Gasteiger charge is 2.71. The maximum Gasteiger partial charge on any atom is 0.235 e. The van der Waals surface area contributed by atoms with Gasteiger partial charge in [0.1, 0.15) is 11.5 Å². The van der Waals surface area contributed by atoms with Gasteiger partial charge < -0.3 is 30.5 Å². The summed E-state index contributed by atoms with van der Waals surface area (Å²) in [7, 11) is 0. The molecule has 1 spiro atoms. The average molecular weight is 580 g/mol. The molecule has 3 heterocycles. The number of aliphatic hydroxyl groups is 1. The minimum absolute atomic E-state index is 0.102. The van der Waals surface area contributed by atoms with Crippen LogP contribution in [0.5, 0.6) is 17.2 Å². The number of aliphatic hydroxyl groups excluding tert-OH is 1. The topological polar surface area (TPSA) is 153 Å². The van der Waals surface area contributed by atoms with E-state index < -0.39 is 70.3 Å². The van der Waals surface area contributed by atoms with Crippen molar-refractivity contribution < 1.29 is 39.5 Å². The highest BCUT2D eigenvalue weighted by molar-refractivity contribution is 6.12. The Hall–Kier alpha value is -3.17. The maximum atomic E-state index is 15.4. The molecule has 10 atom stereocenters. The van der Waals surface area contributed by atoms with Crippen LogP contribution in [-0.4, -0.2) is 50.0 Å². The Kier molecular flexibility index (Phi) is 6.66. The van der Waals surface area contributed by atoms with Gasteiger partial charge in [0.25, 0.3) is 0 Å². The van der Waals surface area contributed by atoms with Crippen molar-refractivity contribution in [3.05, 3.63) is 40.0 Å². The molecule has 42 heavy (non-hydrogen) atoms. The van der Waals surface area contributed by atoms with E-state index in [0.717, 1.165) is 11.1 Å². The maximum absolute atomic E-state index is 15.4. The molecule has 2 fully saturated rings. The summed E-state index contributed by atoms with van der Waals surface area (Å²) in [5, 5.41) is 46.3. The highest BCUT2D eigenvalue weighted by Crippen LogP contribution is 2.67. The molecule has 2 aliphatic carbocycles. The number of fused-ring (bicyclic) bond motifs is 8. The van der Waals surface area contributed by atoms with Crippen molar-refractivity contribution in [1.29, 1.82) is 0 Å². The van der Waals surface area contributed by atoms with Crippen LogP contribution in [0.15, 0.2) is 23.3 Å². The van der Waals surface area contributed by atoms with E-state index >= 15 is 4.79 Å². The molecule has 0 unspecified atom stereocenters. The van der Waals surface area contributed by atoms with Crippen molar-refractivity contribution in [2.45, 2.75) is 85.2 Å². The predicted molar refractivity (Wildman–Crippen MR) is 152 cm³/mol. The lowest BCUT2D eigenvalue weighted by Crippen LogP contribution is -2.56. The molecule has 1 amide bonds. The van der Waals surface area contributed by atoms with Crippen molar-refractivity contribution in [2.75, 3.05) is 0 Å². The van der Waals surface area contributed by atoms with Crippen LogP contribution >= 0.6 is 0 Å². The fraction of sp³-hybridized carbons (Fsp3) is 0.606. The Morgan fingerprint density at radius 3 is 2.31 bits per heavy atom. The summed E-state index contributed by atoms with van der Waals surface area (Å²) in [5.41, 5.74) is 1.18. The zero-order valence-corrected chi connectivity index (χ0v) is 25.0. The van der Waals surface area contributed by atoms with Gasteiger partial charge in [-0.2, -0.15) is 0 Å². The molecule has 5 aliphatic rings. The summed E-state index contributed by atoms with van der Waals surface area (Å²) in [6, 6.07) is -0.260. The summed E-state index contributed by atoms with van der Waals surface area (Å²) in [5.74, 6) is -6.31. The first-order chi connectivity index (χ1) is 19.7. The molecule has 0 aromatic heterocycles. The van der Waals surface area contributed by atoms with Gasteiger partial charge in [-0.25, -0.2) is 0 Å². The van der Waals surface area contributed by atoms with Crippen molar-refractivity contribution >= 4 is 17.5 Å². The van der Waals surface area contributed by atoms with Gasteiger partial charge in [-0.3, -0.25) is 14.4 Å². The van der Waals surface area contributed by atoms with Gasteiger partial charge in [0, 0.05) is 29.0 Å². The number of allylic oxidation sites excluding steroid dienone is 4. The second kappa shape index (κ2) is 9.67. The summed E-state index contributed by atoms with van der Waals surface area (Å²) >= 11 is 0. The van der Waals surface area contributed by atoms with E-state index in [4.69, 9.17) is 4.74 Å².